The minimum absolute atomic E-state index is 0.293. The minimum atomic E-state index is -0.361. The average molecular weight is 234 g/mol. The molecule has 0 fully saturated rings. The van der Waals surface area contributed by atoms with E-state index in [2.05, 4.69) is 19.1 Å². The normalized spacial score (nSPS) is 23.6. The van der Waals surface area contributed by atoms with Crippen LogP contribution in [0.2, 0.25) is 0 Å². The van der Waals surface area contributed by atoms with Gasteiger partial charge in [-0.05, 0) is 43.7 Å². The van der Waals surface area contributed by atoms with E-state index in [1.165, 1.54) is 0 Å². The summed E-state index contributed by atoms with van der Waals surface area (Å²) in [6, 6.07) is 3.42. The number of hydrogen-bond acceptors (Lipinski definition) is 3. The summed E-state index contributed by atoms with van der Waals surface area (Å²) in [6.07, 6.45) is 6.42. The Bertz CT molecular complexity index is 417. The zero-order valence-electron chi connectivity index (χ0n) is 10.3. The van der Waals surface area contributed by atoms with Gasteiger partial charge in [0.2, 0.25) is 5.76 Å². The fraction of sp³-hybridized carbons (Fsp3) is 0.500. The monoisotopic (exact) mass is 234 g/mol. The van der Waals surface area contributed by atoms with Crippen LogP contribution in [-0.2, 0) is 4.74 Å². The molecule has 3 nitrogen and oxygen atoms in total. The summed E-state index contributed by atoms with van der Waals surface area (Å²) in [6.45, 7) is 4.48. The van der Waals surface area contributed by atoms with Crippen LogP contribution < -0.4 is 0 Å². The zero-order valence-corrected chi connectivity index (χ0v) is 10.3. The molecule has 0 spiro atoms. The third-order valence-corrected chi connectivity index (χ3v) is 3.29. The standard InChI is InChI=1S/C14H18O3/c1-10-5-3-4-6-12(10)9-16-14(15)13-8-7-11(2)17-13/h3-4,7-8,10,12H,5-6,9H2,1-2H3. The molecule has 0 N–H and O–H groups in total. The van der Waals surface area contributed by atoms with Gasteiger partial charge in [0.05, 0.1) is 6.61 Å². The number of allylic oxidation sites excluding steroid dienone is 2. The highest BCUT2D eigenvalue weighted by Crippen LogP contribution is 2.25. The van der Waals surface area contributed by atoms with Gasteiger partial charge in [-0.25, -0.2) is 4.79 Å². The van der Waals surface area contributed by atoms with E-state index in [1.54, 1.807) is 12.1 Å². The Balaban J connectivity index is 1.86. The van der Waals surface area contributed by atoms with Crippen molar-refractivity contribution in [3.63, 3.8) is 0 Å². The first-order chi connectivity index (χ1) is 8.16. The van der Waals surface area contributed by atoms with E-state index >= 15 is 0 Å². The lowest BCUT2D eigenvalue weighted by atomic mass is 9.85. The number of rotatable bonds is 3. The van der Waals surface area contributed by atoms with E-state index < -0.39 is 0 Å². The summed E-state index contributed by atoms with van der Waals surface area (Å²) in [7, 11) is 0. The highest BCUT2D eigenvalue weighted by atomic mass is 16.5. The van der Waals surface area contributed by atoms with E-state index in [9.17, 15) is 4.79 Å². The number of aryl methyl sites for hydroxylation is 1. The van der Waals surface area contributed by atoms with Gasteiger partial charge in [0, 0.05) is 0 Å². The summed E-state index contributed by atoms with van der Waals surface area (Å²) in [5, 5.41) is 0. The van der Waals surface area contributed by atoms with Gasteiger partial charge in [-0.2, -0.15) is 0 Å². The van der Waals surface area contributed by atoms with Gasteiger partial charge in [0.25, 0.3) is 0 Å². The van der Waals surface area contributed by atoms with Gasteiger partial charge in [-0.3, -0.25) is 0 Å². The highest BCUT2D eigenvalue weighted by Gasteiger charge is 2.21. The second-order valence-electron chi connectivity index (χ2n) is 4.69. The Morgan fingerprint density at radius 2 is 2.18 bits per heavy atom. The number of hydrogen-bond donors (Lipinski definition) is 0. The first-order valence-electron chi connectivity index (χ1n) is 6.05. The number of carbonyl (C=O) groups is 1. The van der Waals surface area contributed by atoms with Gasteiger partial charge >= 0.3 is 5.97 Å². The maximum absolute atomic E-state index is 11.7. The minimum Gasteiger partial charge on any atom is -0.460 e. The van der Waals surface area contributed by atoms with Crippen LogP contribution in [0, 0.1) is 18.8 Å². The van der Waals surface area contributed by atoms with Gasteiger partial charge in [-0.1, -0.05) is 19.1 Å². The summed E-state index contributed by atoms with van der Waals surface area (Å²) in [5.41, 5.74) is 0. The fourth-order valence-electron chi connectivity index (χ4n) is 2.04. The molecule has 1 aliphatic rings. The molecule has 1 heterocycles. The van der Waals surface area contributed by atoms with Crippen LogP contribution in [0.1, 0.15) is 36.1 Å². The van der Waals surface area contributed by atoms with Crippen molar-refractivity contribution in [1.82, 2.24) is 0 Å². The molecule has 2 rings (SSSR count). The summed E-state index contributed by atoms with van der Waals surface area (Å²) in [4.78, 5) is 11.7. The van der Waals surface area contributed by atoms with Crippen LogP contribution in [0.15, 0.2) is 28.7 Å². The van der Waals surface area contributed by atoms with E-state index in [0.29, 0.717) is 24.2 Å². The number of furan rings is 1. The van der Waals surface area contributed by atoms with Crippen LogP contribution in [0.3, 0.4) is 0 Å². The van der Waals surface area contributed by atoms with Crippen molar-refractivity contribution in [3.8, 4) is 0 Å². The van der Waals surface area contributed by atoms with E-state index in [0.717, 1.165) is 18.6 Å². The molecule has 17 heavy (non-hydrogen) atoms. The molecular weight excluding hydrogens is 216 g/mol. The Morgan fingerprint density at radius 1 is 1.41 bits per heavy atom. The SMILES string of the molecule is Cc1ccc(C(=O)OCC2CC=CCC2C)o1. The van der Waals surface area contributed by atoms with Crippen LogP contribution >= 0.6 is 0 Å². The Morgan fingerprint density at radius 3 is 2.82 bits per heavy atom. The Labute approximate surface area is 101 Å². The lowest BCUT2D eigenvalue weighted by Gasteiger charge is -2.24. The molecule has 0 saturated carbocycles. The second kappa shape index (κ2) is 5.21. The predicted molar refractivity (Wildman–Crippen MR) is 64.8 cm³/mol. The predicted octanol–water partition coefficient (Wildman–Crippen LogP) is 3.35. The van der Waals surface area contributed by atoms with E-state index in [4.69, 9.17) is 9.15 Å². The van der Waals surface area contributed by atoms with Crippen LogP contribution in [0.25, 0.3) is 0 Å². The third-order valence-electron chi connectivity index (χ3n) is 3.29. The molecule has 0 aromatic carbocycles. The topological polar surface area (TPSA) is 39.4 Å². The molecule has 1 aromatic heterocycles. The first kappa shape index (κ1) is 12.0. The molecule has 0 aliphatic heterocycles. The molecule has 3 heteroatoms. The third kappa shape index (κ3) is 2.99. The molecule has 0 radical (unpaired) electrons. The number of esters is 1. The first-order valence-corrected chi connectivity index (χ1v) is 6.05. The summed E-state index contributed by atoms with van der Waals surface area (Å²) >= 11 is 0. The lowest BCUT2D eigenvalue weighted by molar-refractivity contribution is 0.0359. The number of carbonyl (C=O) groups excluding carboxylic acids is 1. The molecule has 1 aliphatic carbocycles. The van der Waals surface area contributed by atoms with Gasteiger partial charge in [-0.15, -0.1) is 0 Å². The maximum atomic E-state index is 11.7. The van der Waals surface area contributed by atoms with Gasteiger partial charge in [0.1, 0.15) is 5.76 Å². The second-order valence-corrected chi connectivity index (χ2v) is 4.69. The molecule has 0 amide bonds. The largest absolute Gasteiger partial charge is 0.460 e. The molecule has 2 unspecified atom stereocenters. The van der Waals surface area contributed by atoms with Crippen molar-refractivity contribution < 1.29 is 13.9 Å². The highest BCUT2D eigenvalue weighted by molar-refractivity contribution is 5.86. The van der Waals surface area contributed by atoms with Gasteiger partial charge < -0.3 is 9.15 Å². The van der Waals surface area contributed by atoms with Crippen molar-refractivity contribution in [2.75, 3.05) is 6.61 Å². The van der Waals surface area contributed by atoms with Gasteiger partial charge in [0.15, 0.2) is 0 Å². The number of ether oxygens (including phenoxy) is 1. The van der Waals surface area contributed by atoms with Crippen molar-refractivity contribution in [3.05, 3.63) is 35.8 Å². The van der Waals surface area contributed by atoms with Crippen molar-refractivity contribution in [1.29, 1.82) is 0 Å². The molecule has 0 saturated heterocycles. The summed E-state index contributed by atoms with van der Waals surface area (Å²) in [5.74, 6) is 1.67. The molecular formula is C14H18O3. The fourth-order valence-corrected chi connectivity index (χ4v) is 2.04. The Hall–Kier alpha value is -1.51. The molecule has 1 aromatic rings. The quantitative estimate of drug-likeness (QED) is 0.594. The van der Waals surface area contributed by atoms with E-state index in [-0.39, 0.29) is 5.97 Å². The van der Waals surface area contributed by atoms with Crippen molar-refractivity contribution in [2.24, 2.45) is 11.8 Å². The average Bonchev–Trinajstić information content (AvgIpc) is 2.74. The lowest BCUT2D eigenvalue weighted by Crippen LogP contribution is -2.21. The van der Waals surface area contributed by atoms with Crippen LogP contribution in [-0.4, -0.2) is 12.6 Å². The smallest absolute Gasteiger partial charge is 0.374 e. The van der Waals surface area contributed by atoms with E-state index in [1.807, 2.05) is 6.92 Å². The molecule has 2 atom stereocenters. The summed E-state index contributed by atoms with van der Waals surface area (Å²) < 4.78 is 10.5. The van der Waals surface area contributed by atoms with Crippen LogP contribution in [0.4, 0.5) is 0 Å². The molecule has 0 bridgehead atoms. The van der Waals surface area contributed by atoms with Crippen LogP contribution in [0.5, 0.6) is 0 Å². The Kier molecular flexibility index (Phi) is 3.67. The molecule has 92 valence electrons. The van der Waals surface area contributed by atoms with Crippen molar-refractivity contribution >= 4 is 5.97 Å². The van der Waals surface area contributed by atoms with Crippen molar-refractivity contribution in [2.45, 2.75) is 26.7 Å². The maximum Gasteiger partial charge on any atom is 0.374 e. The zero-order chi connectivity index (χ0) is 12.3.